The molecule has 21 heavy (non-hydrogen) atoms. The molecule has 0 saturated heterocycles. The lowest BCUT2D eigenvalue weighted by Gasteiger charge is -2.28. The van der Waals surface area contributed by atoms with Crippen LogP contribution in [0.5, 0.6) is 0 Å². The van der Waals surface area contributed by atoms with E-state index in [2.05, 4.69) is 80.7 Å². The molecule has 110 valence electrons. The van der Waals surface area contributed by atoms with Crippen LogP contribution in [-0.2, 0) is 5.41 Å². The molecule has 1 heteroatoms. The third-order valence-electron chi connectivity index (χ3n) is 5.08. The molecule has 3 rings (SSSR count). The lowest BCUT2D eigenvalue weighted by Crippen LogP contribution is -2.33. The predicted octanol–water partition coefficient (Wildman–Crippen LogP) is 5.34. The zero-order valence-electron chi connectivity index (χ0n) is 13.3. The van der Waals surface area contributed by atoms with Crippen molar-refractivity contribution in [2.75, 3.05) is 5.32 Å². The van der Waals surface area contributed by atoms with E-state index in [0.717, 1.165) is 0 Å². The van der Waals surface area contributed by atoms with Crippen LogP contribution >= 0.6 is 0 Å². The van der Waals surface area contributed by atoms with Crippen molar-refractivity contribution in [3.8, 4) is 0 Å². The van der Waals surface area contributed by atoms with Gasteiger partial charge in [-0.25, -0.2) is 0 Å². The van der Waals surface area contributed by atoms with Crippen LogP contribution in [-0.4, -0.2) is 6.04 Å². The quantitative estimate of drug-likeness (QED) is 0.796. The van der Waals surface area contributed by atoms with Gasteiger partial charge < -0.3 is 5.32 Å². The fourth-order valence-electron chi connectivity index (χ4n) is 3.52. The summed E-state index contributed by atoms with van der Waals surface area (Å²) < 4.78 is 0. The molecule has 0 radical (unpaired) electrons. The molecule has 2 atom stereocenters. The van der Waals surface area contributed by atoms with Gasteiger partial charge in [-0.3, -0.25) is 0 Å². The monoisotopic (exact) mass is 279 g/mol. The van der Waals surface area contributed by atoms with Gasteiger partial charge in [0.1, 0.15) is 0 Å². The van der Waals surface area contributed by atoms with Gasteiger partial charge >= 0.3 is 0 Å². The Morgan fingerprint density at radius 2 is 1.67 bits per heavy atom. The van der Waals surface area contributed by atoms with Crippen LogP contribution in [0.25, 0.3) is 0 Å². The minimum atomic E-state index is 0.215. The van der Waals surface area contributed by atoms with E-state index in [1.807, 2.05) is 0 Å². The molecule has 2 aromatic rings. The van der Waals surface area contributed by atoms with Crippen LogP contribution in [0.4, 0.5) is 5.69 Å². The third kappa shape index (κ3) is 2.70. The van der Waals surface area contributed by atoms with Crippen LogP contribution in [0.15, 0.2) is 54.6 Å². The summed E-state index contributed by atoms with van der Waals surface area (Å²) in [6.07, 6.45) is 2.43. The Kier molecular flexibility index (Phi) is 3.75. The van der Waals surface area contributed by atoms with E-state index >= 15 is 0 Å². The summed E-state index contributed by atoms with van der Waals surface area (Å²) in [5.41, 5.74) is 4.44. The zero-order valence-corrected chi connectivity index (χ0v) is 13.3. The number of nitrogens with one attached hydrogen (secondary N) is 1. The lowest BCUT2D eigenvalue weighted by atomic mass is 9.78. The van der Waals surface area contributed by atoms with E-state index in [4.69, 9.17) is 0 Å². The second-order valence-electron chi connectivity index (χ2n) is 6.85. The van der Waals surface area contributed by atoms with Gasteiger partial charge in [0.25, 0.3) is 0 Å². The molecule has 2 unspecified atom stereocenters. The summed E-state index contributed by atoms with van der Waals surface area (Å²) in [7, 11) is 0. The van der Waals surface area contributed by atoms with E-state index in [9.17, 15) is 0 Å². The summed E-state index contributed by atoms with van der Waals surface area (Å²) >= 11 is 0. The van der Waals surface area contributed by atoms with Crippen molar-refractivity contribution in [1.82, 2.24) is 0 Å². The Hall–Kier alpha value is -1.76. The van der Waals surface area contributed by atoms with Gasteiger partial charge in [0, 0.05) is 17.1 Å². The van der Waals surface area contributed by atoms with E-state index in [1.54, 1.807) is 0 Å². The van der Waals surface area contributed by atoms with Crippen molar-refractivity contribution in [2.24, 2.45) is 0 Å². The molecule has 0 bridgehead atoms. The molecule has 2 aromatic carbocycles. The van der Waals surface area contributed by atoms with Gasteiger partial charge in [-0.05, 0) is 36.0 Å². The molecule has 1 nitrogen and oxygen atoms in total. The molecular formula is C20H25N. The number of para-hydroxylation sites is 1. The molecule has 1 N–H and O–H groups in total. The number of hydrogen-bond donors (Lipinski definition) is 1. The second-order valence-corrected chi connectivity index (χ2v) is 6.85. The number of rotatable bonds is 4. The maximum Gasteiger partial charge on any atom is 0.0381 e. The Balaban J connectivity index is 1.67. The minimum Gasteiger partial charge on any atom is -0.381 e. The molecule has 0 fully saturated rings. The van der Waals surface area contributed by atoms with Crippen LogP contribution in [0.2, 0.25) is 0 Å². The first-order valence-corrected chi connectivity index (χ1v) is 8.00. The highest BCUT2D eigenvalue weighted by molar-refractivity contribution is 5.61. The van der Waals surface area contributed by atoms with E-state index in [0.29, 0.717) is 12.0 Å². The molecule has 1 heterocycles. The zero-order chi connectivity index (χ0) is 14.9. The maximum absolute atomic E-state index is 3.73. The summed E-state index contributed by atoms with van der Waals surface area (Å²) in [6.45, 7) is 7.07. The van der Waals surface area contributed by atoms with Crippen LogP contribution in [0.3, 0.4) is 0 Å². The normalized spacial score (nSPS) is 20.6. The first-order chi connectivity index (χ1) is 10.1. The van der Waals surface area contributed by atoms with Crippen LogP contribution < -0.4 is 5.32 Å². The molecular weight excluding hydrogens is 254 g/mol. The van der Waals surface area contributed by atoms with Crippen molar-refractivity contribution >= 4 is 5.69 Å². The first kappa shape index (κ1) is 14.2. The van der Waals surface area contributed by atoms with Crippen molar-refractivity contribution in [3.05, 3.63) is 65.7 Å². The van der Waals surface area contributed by atoms with E-state index in [1.165, 1.54) is 29.7 Å². The Morgan fingerprint density at radius 1 is 1.00 bits per heavy atom. The SMILES string of the molecule is CC(CCC1Nc2ccccc2C1(C)C)c1ccccc1. The van der Waals surface area contributed by atoms with Crippen molar-refractivity contribution < 1.29 is 0 Å². The first-order valence-electron chi connectivity index (χ1n) is 8.00. The molecule has 0 saturated carbocycles. The van der Waals surface area contributed by atoms with Gasteiger partial charge in [0.2, 0.25) is 0 Å². The number of benzene rings is 2. The number of fused-ring (bicyclic) bond motifs is 1. The largest absolute Gasteiger partial charge is 0.381 e. The molecule has 1 aliphatic rings. The molecule has 0 aliphatic carbocycles. The van der Waals surface area contributed by atoms with Crippen molar-refractivity contribution in [1.29, 1.82) is 0 Å². The number of hydrogen-bond acceptors (Lipinski definition) is 1. The molecule has 1 aliphatic heterocycles. The Bertz CT molecular complexity index is 600. The second kappa shape index (κ2) is 5.55. The fraction of sp³-hybridized carbons (Fsp3) is 0.400. The average molecular weight is 279 g/mol. The molecule has 0 spiro atoms. The van der Waals surface area contributed by atoms with E-state index in [-0.39, 0.29) is 5.41 Å². The van der Waals surface area contributed by atoms with Crippen LogP contribution in [0.1, 0.15) is 50.7 Å². The average Bonchev–Trinajstić information content (AvgIpc) is 2.77. The fourth-order valence-corrected chi connectivity index (χ4v) is 3.52. The topological polar surface area (TPSA) is 12.0 Å². The van der Waals surface area contributed by atoms with Crippen LogP contribution in [0, 0.1) is 0 Å². The third-order valence-corrected chi connectivity index (χ3v) is 5.08. The van der Waals surface area contributed by atoms with Crippen molar-refractivity contribution in [2.45, 2.75) is 51.0 Å². The van der Waals surface area contributed by atoms with Gasteiger partial charge in [0.05, 0.1) is 0 Å². The summed E-state index contributed by atoms with van der Waals surface area (Å²) in [5, 5.41) is 3.73. The Morgan fingerprint density at radius 3 is 2.38 bits per heavy atom. The van der Waals surface area contributed by atoms with Gasteiger partial charge in [-0.2, -0.15) is 0 Å². The highest BCUT2D eigenvalue weighted by atomic mass is 15.0. The maximum atomic E-state index is 3.73. The van der Waals surface area contributed by atoms with Crippen molar-refractivity contribution in [3.63, 3.8) is 0 Å². The summed E-state index contributed by atoms with van der Waals surface area (Å²) in [4.78, 5) is 0. The van der Waals surface area contributed by atoms with Gasteiger partial charge in [-0.1, -0.05) is 69.3 Å². The summed E-state index contributed by atoms with van der Waals surface area (Å²) in [5.74, 6) is 0.618. The van der Waals surface area contributed by atoms with E-state index < -0.39 is 0 Å². The van der Waals surface area contributed by atoms with Gasteiger partial charge in [0.15, 0.2) is 0 Å². The summed E-state index contributed by atoms with van der Waals surface area (Å²) in [6, 6.07) is 20.1. The highest BCUT2D eigenvalue weighted by Crippen LogP contribution is 2.42. The minimum absolute atomic E-state index is 0.215. The molecule has 0 aromatic heterocycles. The predicted molar refractivity (Wildman–Crippen MR) is 91.0 cm³/mol. The highest BCUT2D eigenvalue weighted by Gasteiger charge is 2.38. The standard InChI is InChI=1S/C20H25N/c1-15(16-9-5-4-6-10-16)13-14-19-20(2,3)17-11-7-8-12-18(17)21-19/h4-12,15,19,21H,13-14H2,1-3H3. The number of anilines is 1. The Labute approximate surface area is 128 Å². The molecule has 0 amide bonds. The van der Waals surface area contributed by atoms with Gasteiger partial charge in [-0.15, -0.1) is 0 Å². The lowest BCUT2D eigenvalue weighted by molar-refractivity contribution is 0.417. The smallest absolute Gasteiger partial charge is 0.0381 e.